The first-order valence-electron chi connectivity index (χ1n) is 9.35. The second-order valence-corrected chi connectivity index (χ2v) is 8.67. The Kier molecular flexibility index (Phi) is 7.32. The average molecular weight is 407 g/mol. The molecule has 152 valence electrons. The van der Waals surface area contributed by atoms with Crippen LogP contribution in [0.3, 0.4) is 0 Å². The highest BCUT2D eigenvalue weighted by Gasteiger charge is 2.24. The largest absolute Gasteiger partial charge is 0.349 e. The van der Waals surface area contributed by atoms with E-state index in [1.54, 1.807) is 52.0 Å². The third kappa shape index (κ3) is 4.97. The molecule has 1 amide bonds. The molecule has 7 heteroatoms. The summed E-state index contributed by atoms with van der Waals surface area (Å²) in [4.78, 5) is 12.8. The van der Waals surface area contributed by atoms with Crippen molar-refractivity contribution in [1.82, 2.24) is 9.62 Å². The molecule has 0 aliphatic rings. The molecule has 0 heterocycles. The van der Waals surface area contributed by atoms with Crippen LogP contribution in [0.1, 0.15) is 42.3 Å². The van der Waals surface area contributed by atoms with Crippen molar-refractivity contribution in [3.63, 3.8) is 0 Å². The number of benzene rings is 2. The number of halogens is 1. The molecule has 1 N–H and O–H groups in total. The van der Waals surface area contributed by atoms with Crippen LogP contribution in [0.4, 0.5) is 4.39 Å². The fourth-order valence-corrected chi connectivity index (χ4v) is 4.55. The van der Waals surface area contributed by atoms with Crippen molar-refractivity contribution < 1.29 is 17.6 Å². The Hall–Kier alpha value is -2.25. The summed E-state index contributed by atoms with van der Waals surface area (Å²) in [6.45, 7) is 7.79. The molecule has 5 nitrogen and oxygen atoms in total. The molecule has 0 spiro atoms. The molecule has 0 aliphatic carbocycles. The van der Waals surface area contributed by atoms with Gasteiger partial charge in [0.2, 0.25) is 10.0 Å². The van der Waals surface area contributed by atoms with E-state index in [-0.39, 0.29) is 22.7 Å². The lowest BCUT2D eigenvalue weighted by Crippen LogP contribution is -2.35. The summed E-state index contributed by atoms with van der Waals surface area (Å²) < 4.78 is 40.6. The summed E-state index contributed by atoms with van der Waals surface area (Å²) in [6.07, 6.45) is 0.342. The first-order valence-corrected chi connectivity index (χ1v) is 10.8. The highest BCUT2D eigenvalue weighted by molar-refractivity contribution is 7.89. The summed E-state index contributed by atoms with van der Waals surface area (Å²) in [6, 6.07) is 10.7. The molecule has 0 fully saturated rings. The lowest BCUT2D eigenvalue weighted by Gasteiger charge is -2.20. The summed E-state index contributed by atoms with van der Waals surface area (Å²) in [5.41, 5.74) is 1.49. The molecule has 0 aromatic heterocycles. The summed E-state index contributed by atoms with van der Waals surface area (Å²) in [5, 5.41) is 2.83. The first-order chi connectivity index (χ1) is 13.2. The Balaban J connectivity index is 2.22. The second-order valence-electron chi connectivity index (χ2n) is 6.74. The number of hydrogen-bond acceptors (Lipinski definition) is 3. The molecule has 0 bridgehead atoms. The standard InChI is InChI=1S/C21H27FN2O3S/c1-5-24(6-2)28(26,27)18-12-11-15(3)19(14-18)21(25)23-16(4)13-17-9-7-8-10-20(17)22/h7-12,14,16H,5-6,13H2,1-4H3,(H,23,25). The van der Waals surface area contributed by atoms with Gasteiger partial charge in [-0.25, -0.2) is 12.8 Å². The van der Waals surface area contributed by atoms with E-state index in [2.05, 4.69) is 5.32 Å². The van der Waals surface area contributed by atoms with Crippen LogP contribution < -0.4 is 5.32 Å². The van der Waals surface area contributed by atoms with Crippen molar-refractivity contribution in [3.8, 4) is 0 Å². The number of sulfonamides is 1. The van der Waals surface area contributed by atoms with Crippen LogP contribution >= 0.6 is 0 Å². The SMILES string of the molecule is CCN(CC)S(=O)(=O)c1ccc(C)c(C(=O)NC(C)Cc2ccccc2F)c1. The van der Waals surface area contributed by atoms with Crippen LogP contribution in [0.15, 0.2) is 47.4 Å². The number of carbonyl (C=O) groups is 1. The minimum atomic E-state index is -3.65. The van der Waals surface area contributed by atoms with Gasteiger partial charge in [0.1, 0.15) is 5.82 Å². The van der Waals surface area contributed by atoms with Gasteiger partial charge in [-0.05, 0) is 49.6 Å². The van der Waals surface area contributed by atoms with Crippen LogP contribution in [-0.4, -0.2) is 37.8 Å². The molecule has 0 aliphatic heterocycles. The smallest absolute Gasteiger partial charge is 0.251 e. The Morgan fingerprint density at radius 3 is 2.39 bits per heavy atom. The predicted octanol–water partition coefficient (Wildman–Crippen LogP) is 3.53. The normalized spacial score (nSPS) is 12.8. The lowest BCUT2D eigenvalue weighted by atomic mass is 10.0. The van der Waals surface area contributed by atoms with Gasteiger partial charge < -0.3 is 5.32 Å². The Bertz CT molecular complexity index is 940. The van der Waals surface area contributed by atoms with Crippen molar-refractivity contribution in [2.45, 2.75) is 45.1 Å². The van der Waals surface area contributed by atoms with Gasteiger partial charge in [-0.3, -0.25) is 4.79 Å². The van der Waals surface area contributed by atoms with Gasteiger partial charge >= 0.3 is 0 Å². The summed E-state index contributed by atoms with van der Waals surface area (Å²) in [5.74, 6) is -0.690. The number of hydrogen-bond donors (Lipinski definition) is 1. The van der Waals surface area contributed by atoms with Crippen LogP contribution in [0, 0.1) is 12.7 Å². The fraction of sp³-hybridized carbons (Fsp3) is 0.381. The van der Waals surface area contributed by atoms with E-state index in [9.17, 15) is 17.6 Å². The maximum Gasteiger partial charge on any atom is 0.251 e. The molecule has 0 radical (unpaired) electrons. The van der Waals surface area contributed by atoms with Crippen LogP contribution in [0.5, 0.6) is 0 Å². The van der Waals surface area contributed by atoms with Crippen LogP contribution in [0.2, 0.25) is 0 Å². The van der Waals surface area contributed by atoms with E-state index < -0.39 is 10.0 Å². The maximum atomic E-state index is 13.8. The van der Waals surface area contributed by atoms with Gasteiger partial charge in [0.15, 0.2) is 0 Å². The van der Waals surface area contributed by atoms with E-state index in [0.717, 1.165) is 0 Å². The van der Waals surface area contributed by atoms with Gasteiger partial charge in [-0.15, -0.1) is 0 Å². The van der Waals surface area contributed by atoms with Gasteiger partial charge in [0.25, 0.3) is 5.91 Å². The highest BCUT2D eigenvalue weighted by atomic mass is 32.2. The van der Waals surface area contributed by atoms with Crippen molar-refractivity contribution in [2.24, 2.45) is 0 Å². The Labute approximate surface area is 166 Å². The van der Waals surface area contributed by atoms with E-state index in [4.69, 9.17) is 0 Å². The number of nitrogens with zero attached hydrogens (tertiary/aromatic N) is 1. The maximum absolute atomic E-state index is 13.8. The first kappa shape index (κ1) is 22.0. The van der Waals surface area contributed by atoms with Crippen molar-refractivity contribution in [3.05, 3.63) is 65.0 Å². The van der Waals surface area contributed by atoms with E-state index in [1.807, 2.05) is 0 Å². The van der Waals surface area contributed by atoms with E-state index in [1.165, 1.54) is 22.5 Å². The zero-order chi connectivity index (χ0) is 20.9. The quantitative estimate of drug-likeness (QED) is 0.729. The van der Waals surface area contributed by atoms with Crippen molar-refractivity contribution in [2.75, 3.05) is 13.1 Å². The monoisotopic (exact) mass is 406 g/mol. The number of nitrogens with one attached hydrogen (secondary N) is 1. The minimum Gasteiger partial charge on any atom is -0.349 e. The molecule has 1 unspecified atom stereocenters. The minimum absolute atomic E-state index is 0.0914. The topological polar surface area (TPSA) is 66.5 Å². The predicted molar refractivity (Wildman–Crippen MR) is 108 cm³/mol. The summed E-state index contributed by atoms with van der Waals surface area (Å²) in [7, 11) is -3.65. The Morgan fingerprint density at radius 2 is 1.79 bits per heavy atom. The van der Waals surface area contributed by atoms with Gasteiger partial charge in [-0.2, -0.15) is 4.31 Å². The third-order valence-electron chi connectivity index (χ3n) is 4.66. The zero-order valence-electron chi connectivity index (χ0n) is 16.7. The number of rotatable bonds is 8. The number of carbonyl (C=O) groups excluding carboxylic acids is 1. The van der Waals surface area contributed by atoms with E-state index in [0.29, 0.717) is 36.2 Å². The van der Waals surface area contributed by atoms with Crippen molar-refractivity contribution >= 4 is 15.9 Å². The van der Waals surface area contributed by atoms with Gasteiger partial charge in [0, 0.05) is 24.7 Å². The number of aryl methyl sites for hydroxylation is 1. The van der Waals surface area contributed by atoms with E-state index >= 15 is 0 Å². The molecular formula is C21H27FN2O3S. The zero-order valence-corrected chi connectivity index (χ0v) is 17.5. The molecule has 2 rings (SSSR count). The third-order valence-corrected chi connectivity index (χ3v) is 6.70. The van der Waals surface area contributed by atoms with Crippen LogP contribution in [-0.2, 0) is 16.4 Å². The fourth-order valence-electron chi connectivity index (χ4n) is 3.07. The van der Waals surface area contributed by atoms with Gasteiger partial charge in [0.05, 0.1) is 4.90 Å². The lowest BCUT2D eigenvalue weighted by molar-refractivity contribution is 0.0939. The highest BCUT2D eigenvalue weighted by Crippen LogP contribution is 2.20. The second kappa shape index (κ2) is 9.30. The molecule has 1 atom stereocenters. The molecule has 2 aromatic rings. The Morgan fingerprint density at radius 1 is 1.14 bits per heavy atom. The van der Waals surface area contributed by atoms with Gasteiger partial charge in [-0.1, -0.05) is 38.1 Å². The molecular weight excluding hydrogens is 379 g/mol. The van der Waals surface area contributed by atoms with Crippen molar-refractivity contribution in [1.29, 1.82) is 0 Å². The average Bonchev–Trinajstić information content (AvgIpc) is 2.64. The number of amides is 1. The molecule has 2 aromatic carbocycles. The summed E-state index contributed by atoms with van der Waals surface area (Å²) >= 11 is 0. The molecule has 0 saturated carbocycles. The molecule has 28 heavy (non-hydrogen) atoms. The van der Waals surface area contributed by atoms with Crippen LogP contribution in [0.25, 0.3) is 0 Å². The molecule has 0 saturated heterocycles.